The van der Waals surface area contributed by atoms with Crippen molar-refractivity contribution in [3.8, 4) is 11.5 Å². The molecule has 3 aliphatic rings. The van der Waals surface area contributed by atoms with Gasteiger partial charge in [-0.3, -0.25) is 4.79 Å². The summed E-state index contributed by atoms with van der Waals surface area (Å²) in [5.41, 5.74) is 1.20. The Hall–Kier alpha value is -1.75. The van der Waals surface area contributed by atoms with Gasteiger partial charge in [0.15, 0.2) is 11.5 Å². The van der Waals surface area contributed by atoms with Gasteiger partial charge in [0.05, 0.1) is 0 Å². The molecule has 4 rings (SSSR count). The van der Waals surface area contributed by atoms with Gasteiger partial charge in [-0.05, 0) is 43.9 Å². The number of carbonyl (C=O) groups excluding carboxylic acids is 1. The van der Waals surface area contributed by atoms with Gasteiger partial charge in [0.2, 0.25) is 5.91 Å². The number of piperazine rings is 1. The summed E-state index contributed by atoms with van der Waals surface area (Å²) < 4.78 is 11.2. The van der Waals surface area contributed by atoms with Crippen molar-refractivity contribution < 1.29 is 14.3 Å². The van der Waals surface area contributed by atoms with E-state index < -0.39 is 0 Å². The van der Waals surface area contributed by atoms with Crippen LogP contribution in [-0.2, 0) is 4.79 Å². The van der Waals surface area contributed by atoms with Crippen molar-refractivity contribution in [1.82, 2.24) is 10.2 Å². The lowest BCUT2D eigenvalue weighted by Crippen LogP contribution is -2.56. The minimum atomic E-state index is 0.134. The number of amides is 1. The Kier molecular flexibility index (Phi) is 3.68. The number of rotatable bonds is 2. The molecule has 2 aliphatic heterocycles. The molecule has 0 unspecified atom stereocenters. The molecule has 5 heteroatoms. The predicted octanol–water partition coefficient (Wildman–Crippen LogP) is 1.77. The number of nitrogens with zero attached hydrogens (tertiary/aromatic N) is 1. The SMILES string of the molecule is C[C@@H]1CN(C(=O)[C@@H]2C[C@H]2c2ccc3c(c2)OCCO3)C[C@@H](C)N1. The van der Waals surface area contributed by atoms with Crippen LogP contribution >= 0.6 is 0 Å². The summed E-state index contributed by atoms with van der Waals surface area (Å²) in [6, 6.07) is 6.84. The molecule has 1 aromatic carbocycles. The van der Waals surface area contributed by atoms with Crippen molar-refractivity contribution in [2.75, 3.05) is 26.3 Å². The van der Waals surface area contributed by atoms with Crippen molar-refractivity contribution in [2.24, 2.45) is 5.92 Å². The predicted molar refractivity (Wildman–Crippen MR) is 86.9 cm³/mol. The van der Waals surface area contributed by atoms with Crippen LogP contribution in [0.15, 0.2) is 18.2 Å². The Morgan fingerprint density at radius 1 is 1.13 bits per heavy atom. The number of hydrogen-bond acceptors (Lipinski definition) is 4. The summed E-state index contributed by atoms with van der Waals surface area (Å²) in [5, 5.41) is 3.48. The van der Waals surface area contributed by atoms with E-state index in [1.165, 1.54) is 5.56 Å². The molecule has 1 aliphatic carbocycles. The maximum Gasteiger partial charge on any atom is 0.226 e. The largest absolute Gasteiger partial charge is 0.486 e. The maximum atomic E-state index is 12.8. The fourth-order valence-electron chi connectivity index (χ4n) is 3.87. The molecule has 0 bridgehead atoms. The van der Waals surface area contributed by atoms with Crippen molar-refractivity contribution in [2.45, 2.75) is 38.3 Å². The van der Waals surface area contributed by atoms with Gasteiger partial charge in [-0.15, -0.1) is 0 Å². The number of hydrogen-bond donors (Lipinski definition) is 1. The second kappa shape index (κ2) is 5.71. The van der Waals surface area contributed by atoms with Gasteiger partial charge in [0, 0.05) is 31.1 Å². The fourth-order valence-corrected chi connectivity index (χ4v) is 3.87. The highest BCUT2D eigenvalue weighted by atomic mass is 16.6. The van der Waals surface area contributed by atoms with E-state index in [9.17, 15) is 4.79 Å². The molecule has 124 valence electrons. The van der Waals surface area contributed by atoms with Crippen LogP contribution in [0.3, 0.4) is 0 Å². The average Bonchev–Trinajstić information content (AvgIpc) is 3.33. The molecule has 2 heterocycles. The van der Waals surface area contributed by atoms with E-state index in [1.807, 2.05) is 11.0 Å². The highest BCUT2D eigenvalue weighted by molar-refractivity contribution is 5.83. The highest BCUT2D eigenvalue weighted by Crippen LogP contribution is 2.50. The average molecular weight is 316 g/mol. The molecule has 23 heavy (non-hydrogen) atoms. The zero-order valence-electron chi connectivity index (χ0n) is 13.7. The molecule has 1 N–H and O–H groups in total. The summed E-state index contributed by atoms with van der Waals surface area (Å²) in [4.78, 5) is 14.8. The van der Waals surface area contributed by atoms with E-state index in [0.29, 0.717) is 37.1 Å². The second-order valence-corrected chi connectivity index (χ2v) is 7.06. The minimum Gasteiger partial charge on any atom is -0.486 e. The molecule has 2 fully saturated rings. The van der Waals surface area contributed by atoms with Crippen LogP contribution in [0.5, 0.6) is 11.5 Å². The molecule has 4 atom stereocenters. The van der Waals surface area contributed by atoms with Crippen LogP contribution in [0.2, 0.25) is 0 Å². The summed E-state index contributed by atoms with van der Waals surface area (Å²) in [7, 11) is 0. The minimum absolute atomic E-state index is 0.134. The lowest BCUT2D eigenvalue weighted by Gasteiger charge is -2.36. The lowest BCUT2D eigenvalue weighted by atomic mass is 10.1. The maximum absolute atomic E-state index is 12.8. The molecule has 5 nitrogen and oxygen atoms in total. The van der Waals surface area contributed by atoms with E-state index >= 15 is 0 Å². The first-order valence-corrected chi connectivity index (χ1v) is 8.56. The van der Waals surface area contributed by atoms with Crippen LogP contribution in [-0.4, -0.2) is 49.2 Å². The third-order valence-corrected chi connectivity index (χ3v) is 4.97. The zero-order valence-corrected chi connectivity index (χ0v) is 13.7. The van der Waals surface area contributed by atoms with Crippen LogP contribution in [0.25, 0.3) is 0 Å². The third-order valence-electron chi connectivity index (χ3n) is 4.97. The molecular formula is C18H24N2O3. The van der Waals surface area contributed by atoms with E-state index in [0.717, 1.165) is 31.0 Å². The normalized spacial score (nSPS) is 32.5. The molecule has 0 spiro atoms. The van der Waals surface area contributed by atoms with Gasteiger partial charge in [-0.2, -0.15) is 0 Å². The fraction of sp³-hybridized carbons (Fsp3) is 0.611. The Morgan fingerprint density at radius 3 is 2.57 bits per heavy atom. The van der Waals surface area contributed by atoms with E-state index in [-0.39, 0.29) is 5.92 Å². The second-order valence-electron chi connectivity index (χ2n) is 7.06. The van der Waals surface area contributed by atoms with Crippen LogP contribution in [0.1, 0.15) is 31.7 Å². The summed E-state index contributed by atoms with van der Waals surface area (Å²) in [6.45, 7) is 7.11. The van der Waals surface area contributed by atoms with Gasteiger partial charge in [-0.25, -0.2) is 0 Å². The Bertz CT molecular complexity index is 608. The topological polar surface area (TPSA) is 50.8 Å². The first-order valence-electron chi connectivity index (χ1n) is 8.56. The van der Waals surface area contributed by atoms with E-state index in [4.69, 9.17) is 9.47 Å². The molecule has 1 saturated carbocycles. The first kappa shape index (κ1) is 14.8. The number of nitrogens with one attached hydrogen (secondary N) is 1. The number of fused-ring (bicyclic) bond motifs is 1. The van der Waals surface area contributed by atoms with E-state index in [2.05, 4.69) is 31.3 Å². The van der Waals surface area contributed by atoms with Crippen molar-refractivity contribution in [3.63, 3.8) is 0 Å². The molecular weight excluding hydrogens is 292 g/mol. The monoisotopic (exact) mass is 316 g/mol. The smallest absolute Gasteiger partial charge is 0.226 e. The van der Waals surface area contributed by atoms with Gasteiger partial charge in [0.1, 0.15) is 13.2 Å². The molecule has 0 radical (unpaired) electrons. The number of carbonyl (C=O) groups is 1. The van der Waals surface area contributed by atoms with Crippen molar-refractivity contribution in [1.29, 1.82) is 0 Å². The third kappa shape index (κ3) is 2.90. The van der Waals surface area contributed by atoms with Crippen LogP contribution in [0.4, 0.5) is 0 Å². The van der Waals surface area contributed by atoms with Gasteiger partial charge < -0.3 is 19.7 Å². The summed E-state index contributed by atoms with van der Waals surface area (Å²) >= 11 is 0. The first-order chi connectivity index (χ1) is 11.1. The number of ether oxygens (including phenoxy) is 2. The Balaban J connectivity index is 1.44. The molecule has 1 saturated heterocycles. The lowest BCUT2D eigenvalue weighted by molar-refractivity contribution is -0.134. The Morgan fingerprint density at radius 2 is 1.83 bits per heavy atom. The van der Waals surface area contributed by atoms with Crippen molar-refractivity contribution in [3.05, 3.63) is 23.8 Å². The molecule has 1 aromatic rings. The van der Waals surface area contributed by atoms with E-state index in [1.54, 1.807) is 0 Å². The molecule has 1 amide bonds. The van der Waals surface area contributed by atoms with Gasteiger partial charge in [-0.1, -0.05) is 6.07 Å². The standard InChI is InChI=1S/C18H24N2O3/c1-11-9-20(10-12(2)19-11)18(21)15-8-14(15)13-3-4-16-17(7-13)23-6-5-22-16/h3-4,7,11-12,14-15,19H,5-6,8-10H2,1-2H3/t11-,12-,14+,15-/m1/s1. The quantitative estimate of drug-likeness (QED) is 0.903. The Labute approximate surface area is 136 Å². The zero-order chi connectivity index (χ0) is 16.0. The van der Waals surface area contributed by atoms with Crippen LogP contribution in [0, 0.1) is 5.92 Å². The number of benzene rings is 1. The van der Waals surface area contributed by atoms with Crippen LogP contribution < -0.4 is 14.8 Å². The summed E-state index contributed by atoms with van der Waals surface area (Å²) in [5.74, 6) is 2.41. The van der Waals surface area contributed by atoms with Gasteiger partial charge in [0.25, 0.3) is 0 Å². The highest BCUT2D eigenvalue weighted by Gasteiger charge is 2.46. The molecule has 0 aromatic heterocycles. The van der Waals surface area contributed by atoms with Gasteiger partial charge >= 0.3 is 0 Å². The van der Waals surface area contributed by atoms with Crippen molar-refractivity contribution >= 4 is 5.91 Å². The summed E-state index contributed by atoms with van der Waals surface area (Å²) in [6.07, 6.45) is 0.950.